The molecule has 0 spiro atoms. The fraction of sp³-hybridized carbons (Fsp3) is 0.391. The van der Waals surface area contributed by atoms with Gasteiger partial charge in [0.05, 0.1) is 12.1 Å². The van der Waals surface area contributed by atoms with Crippen molar-refractivity contribution >= 4 is 23.2 Å². The average molecular weight is 433 g/mol. The molecule has 1 saturated carbocycles. The van der Waals surface area contributed by atoms with Crippen LogP contribution in [0.2, 0.25) is 0 Å². The first kappa shape index (κ1) is 22.8. The van der Waals surface area contributed by atoms with Crippen molar-refractivity contribution in [3.05, 3.63) is 59.2 Å². The molecule has 1 aliphatic carbocycles. The van der Waals surface area contributed by atoms with Crippen LogP contribution in [-0.2, 0) is 15.8 Å². The Kier molecular flexibility index (Phi) is 7.00. The van der Waals surface area contributed by atoms with Crippen molar-refractivity contribution in [1.82, 2.24) is 4.90 Å². The normalized spacial score (nSPS) is 13.9. The van der Waals surface area contributed by atoms with Crippen molar-refractivity contribution in [3.63, 3.8) is 0 Å². The van der Waals surface area contributed by atoms with Crippen LogP contribution in [0, 0.1) is 13.8 Å². The lowest BCUT2D eigenvalue weighted by atomic mass is 10.1. The first-order valence-electron chi connectivity index (χ1n) is 10.2. The molecule has 2 aromatic carbocycles. The molecule has 0 saturated heterocycles. The fourth-order valence-corrected chi connectivity index (χ4v) is 3.32. The zero-order valence-corrected chi connectivity index (χ0v) is 17.6. The number of alkyl halides is 3. The zero-order chi connectivity index (χ0) is 22.6. The molecule has 2 aromatic rings. The van der Waals surface area contributed by atoms with E-state index in [1.807, 2.05) is 36.9 Å². The summed E-state index contributed by atoms with van der Waals surface area (Å²) in [6.45, 7) is 4.39. The van der Waals surface area contributed by atoms with Crippen LogP contribution in [0.3, 0.4) is 0 Å². The number of nitrogens with zero attached hydrogens (tertiary/aromatic N) is 1. The smallest absolute Gasteiger partial charge is 0.326 e. The van der Waals surface area contributed by atoms with E-state index in [-0.39, 0.29) is 36.5 Å². The fourth-order valence-electron chi connectivity index (χ4n) is 3.32. The van der Waals surface area contributed by atoms with Crippen LogP contribution in [0.15, 0.2) is 42.5 Å². The molecule has 0 radical (unpaired) electrons. The molecule has 8 heteroatoms. The molecule has 166 valence electrons. The minimum Gasteiger partial charge on any atom is -0.326 e. The third-order valence-corrected chi connectivity index (χ3v) is 5.18. The minimum absolute atomic E-state index is 0.0868. The maximum atomic E-state index is 12.8. The van der Waals surface area contributed by atoms with Crippen molar-refractivity contribution in [3.8, 4) is 0 Å². The number of halogens is 3. The second-order valence-electron chi connectivity index (χ2n) is 7.94. The molecule has 31 heavy (non-hydrogen) atoms. The van der Waals surface area contributed by atoms with Gasteiger partial charge >= 0.3 is 6.18 Å². The molecular weight excluding hydrogens is 407 g/mol. The van der Waals surface area contributed by atoms with E-state index in [0.717, 1.165) is 41.8 Å². The largest absolute Gasteiger partial charge is 0.416 e. The summed E-state index contributed by atoms with van der Waals surface area (Å²) in [7, 11) is 0. The number of carbonyl (C=O) groups is 2. The van der Waals surface area contributed by atoms with E-state index in [0.29, 0.717) is 6.54 Å². The van der Waals surface area contributed by atoms with Crippen LogP contribution >= 0.6 is 0 Å². The molecule has 1 aliphatic rings. The Morgan fingerprint density at radius 1 is 1.03 bits per heavy atom. The number of rotatable bonds is 8. The summed E-state index contributed by atoms with van der Waals surface area (Å²) in [5, 5.41) is 5.43. The van der Waals surface area contributed by atoms with Gasteiger partial charge in [0.25, 0.3) is 0 Å². The van der Waals surface area contributed by atoms with E-state index in [4.69, 9.17) is 0 Å². The van der Waals surface area contributed by atoms with E-state index < -0.39 is 11.7 Å². The molecular formula is C23H26F3N3O2. The first-order chi connectivity index (χ1) is 14.6. The van der Waals surface area contributed by atoms with E-state index in [2.05, 4.69) is 10.6 Å². The second kappa shape index (κ2) is 9.51. The predicted octanol–water partition coefficient (Wildman–Crippen LogP) is 4.75. The summed E-state index contributed by atoms with van der Waals surface area (Å²) < 4.78 is 38.5. The predicted molar refractivity (Wildman–Crippen MR) is 114 cm³/mol. The lowest BCUT2D eigenvalue weighted by Gasteiger charge is -2.21. The summed E-state index contributed by atoms with van der Waals surface area (Å²) >= 11 is 0. The van der Waals surface area contributed by atoms with Gasteiger partial charge in [-0.2, -0.15) is 13.2 Å². The molecule has 2 N–H and O–H groups in total. The Morgan fingerprint density at radius 2 is 1.77 bits per heavy atom. The monoisotopic (exact) mass is 433 g/mol. The number of carbonyl (C=O) groups excluding carboxylic acids is 2. The number of aryl methyl sites for hydroxylation is 2. The van der Waals surface area contributed by atoms with Gasteiger partial charge in [-0.3, -0.25) is 14.5 Å². The SMILES string of the molecule is Cc1ccc(C)c(NC(=O)CN(CCC(=O)Nc2cccc(C(F)(F)F)c2)C2CC2)c1. The number of hydrogen-bond acceptors (Lipinski definition) is 3. The average Bonchev–Trinajstić information content (AvgIpc) is 3.53. The maximum absolute atomic E-state index is 12.8. The first-order valence-corrected chi connectivity index (χ1v) is 10.2. The van der Waals surface area contributed by atoms with Crippen LogP contribution in [-0.4, -0.2) is 35.8 Å². The highest BCUT2D eigenvalue weighted by Crippen LogP contribution is 2.31. The molecule has 0 atom stereocenters. The molecule has 0 bridgehead atoms. The Morgan fingerprint density at radius 3 is 2.45 bits per heavy atom. The zero-order valence-electron chi connectivity index (χ0n) is 17.6. The van der Waals surface area contributed by atoms with E-state index in [1.54, 1.807) is 0 Å². The highest BCUT2D eigenvalue weighted by Gasteiger charge is 2.31. The minimum atomic E-state index is -4.47. The third-order valence-electron chi connectivity index (χ3n) is 5.18. The van der Waals surface area contributed by atoms with E-state index in [9.17, 15) is 22.8 Å². The van der Waals surface area contributed by atoms with Crippen LogP contribution in [0.25, 0.3) is 0 Å². The Labute approximate surface area is 179 Å². The topological polar surface area (TPSA) is 61.4 Å². The molecule has 0 aliphatic heterocycles. The van der Waals surface area contributed by atoms with E-state index >= 15 is 0 Å². The third kappa shape index (κ3) is 6.82. The summed E-state index contributed by atoms with van der Waals surface area (Å²) in [6.07, 6.45) is -2.45. The van der Waals surface area contributed by atoms with Gasteiger partial charge < -0.3 is 10.6 Å². The van der Waals surface area contributed by atoms with Gasteiger partial charge in [-0.05, 0) is 62.1 Å². The summed E-state index contributed by atoms with van der Waals surface area (Å²) in [6, 6.07) is 10.6. The highest BCUT2D eigenvalue weighted by atomic mass is 19.4. The van der Waals surface area contributed by atoms with Gasteiger partial charge in [0, 0.05) is 30.4 Å². The summed E-state index contributed by atoms with van der Waals surface area (Å²) in [5.74, 6) is -0.543. The molecule has 0 aromatic heterocycles. The summed E-state index contributed by atoms with van der Waals surface area (Å²) in [5.41, 5.74) is 2.07. The van der Waals surface area contributed by atoms with Crippen LogP contribution < -0.4 is 10.6 Å². The van der Waals surface area contributed by atoms with Crippen LogP contribution in [0.4, 0.5) is 24.5 Å². The van der Waals surface area contributed by atoms with Crippen molar-refractivity contribution in [2.45, 2.75) is 45.3 Å². The molecule has 0 heterocycles. The molecule has 2 amide bonds. The molecule has 0 unspecified atom stereocenters. The number of nitrogens with one attached hydrogen (secondary N) is 2. The number of hydrogen-bond donors (Lipinski definition) is 2. The van der Waals surface area contributed by atoms with E-state index in [1.165, 1.54) is 12.1 Å². The van der Waals surface area contributed by atoms with Crippen LogP contribution in [0.5, 0.6) is 0 Å². The Hall–Kier alpha value is -2.87. The highest BCUT2D eigenvalue weighted by molar-refractivity contribution is 5.93. The van der Waals surface area contributed by atoms with Crippen molar-refractivity contribution < 1.29 is 22.8 Å². The van der Waals surface area contributed by atoms with Gasteiger partial charge in [0.2, 0.25) is 11.8 Å². The number of anilines is 2. The standard InChI is InChI=1S/C23H26F3N3O2/c1-15-6-7-16(2)20(12-15)28-22(31)14-29(19-8-9-19)11-10-21(30)27-18-5-3-4-17(13-18)23(24,25)26/h3-7,12-13,19H,8-11,14H2,1-2H3,(H,27,30)(H,28,31). The second-order valence-corrected chi connectivity index (χ2v) is 7.94. The lowest BCUT2D eigenvalue weighted by molar-refractivity contribution is -0.137. The number of amides is 2. The quantitative estimate of drug-likeness (QED) is 0.631. The van der Waals surface area contributed by atoms with Gasteiger partial charge in [-0.25, -0.2) is 0 Å². The Bertz CT molecular complexity index is 955. The summed E-state index contributed by atoms with van der Waals surface area (Å²) in [4.78, 5) is 26.7. The van der Waals surface area contributed by atoms with Crippen molar-refractivity contribution in [1.29, 1.82) is 0 Å². The van der Waals surface area contributed by atoms with Crippen molar-refractivity contribution in [2.24, 2.45) is 0 Å². The number of benzene rings is 2. The van der Waals surface area contributed by atoms with Crippen LogP contribution in [0.1, 0.15) is 36.0 Å². The van der Waals surface area contributed by atoms with Gasteiger partial charge in [0.1, 0.15) is 0 Å². The molecule has 3 rings (SSSR count). The van der Waals surface area contributed by atoms with Gasteiger partial charge in [-0.15, -0.1) is 0 Å². The lowest BCUT2D eigenvalue weighted by Crippen LogP contribution is -2.37. The van der Waals surface area contributed by atoms with Gasteiger partial charge in [0.15, 0.2) is 0 Å². The molecule has 5 nitrogen and oxygen atoms in total. The Balaban J connectivity index is 1.53. The molecule has 1 fully saturated rings. The van der Waals surface area contributed by atoms with Crippen molar-refractivity contribution in [2.75, 3.05) is 23.7 Å². The van der Waals surface area contributed by atoms with Gasteiger partial charge in [-0.1, -0.05) is 18.2 Å². The maximum Gasteiger partial charge on any atom is 0.416 e.